The van der Waals surface area contributed by atoms with Crippen LogP contribution in [0.15, 0.2) is 12.3 Å². The molecule has 0 radical (unpaired) electrons. The van der Waals surface area contributed by atoms with Crippen molar-refractivity contribution in [1.29, 1.82) is 0 Å². The number of rotatable bonds is 8. The summed E-state index contributed by atoms with van der Waals surface area (Å²) in [6.07, 6.45) is 11.7. The second kappa shape index (κ2) is 9.96. The van der Waals surface area contributed by atoms with Crippen molar-refractivity contribution in [2.75, 3.05) is 39.5 Å². The van der Waals surface area contributed by atoms with E-state index in [9.17, 15) is 0 Å². The quantitative estimate of drug-likeness (QED) is 0.485. The second-order valence-electron chi connectivity index (χ2n) is 9.64. The lowest BCUT2D eigenvalue weighted by Gasteiger charge is -2.49. The lowest BCUT2D eigenvalue weighted by Crippen LogP contribution is -2.55. The number of thiophene rings is 1. The maximum absolute atomic E-state index is 6.74. The van der Waals surface area contributed by atoms with Crippen LogP contribution >= 0.6 is 11.3 Å². The Hall–Kier alpha value is -1.21. The van der Waals surface area contributed by atoms with Gasteiger partial charge in [-0.05, 0) is 75.8 Å². The van der Waals surface area contributed by atoms with Gasteiger partial charge in [0.15, 0.2) is 0 Å². The van der Waals surface area contributed by atoms with E-state index in [1.165, 1.54) is 47.9 Å². The highest BCUT2D eigenvalue weighted by Crippen LogP contribution is 2.48. The van der Waals surface area contributed by atoms with Crippen LogP contribution in [0, 0.1) is 0 Å². The molecule has 0 spiro atoms. The molecule has 6 heteroatoms. The first-order chi connectivity index (χ1) is 15.7. The van der Waals surface area contributed by atoms with E-state index in [4.69, 9.17) is 19.2 Å². The summed E-state index contributed by atoms with van der Waals surface area (Å²) in [6.45, 7) is 9.99. The summed E-state index contributed by atoms with van der Waals surface area (Å²) < 4.78 is 18.0. The van der Waals surface area contributed by atoms with Crippen molar-refractivity contribution in [2.45, 2.75) is 82.8 Å². The Labute approximate surface area is 196 Å². The molecule has 2 aromatic rings. The van der Waals surface area contributed by atoms with Crippen LogP contribution in [-0.4, -0.2) is 61.0 Å². The maximum atomic E-state index is 6.74. The molecule has 1 atom stereocenters. The van der Waals surface area contributed by atoms with Gasteiger partial charge in [0.2, 0.25) is 0 Å². The maximum Gasteiger partial charge on any atom is 0.131 e. The summed E-state index contributed by atoms with van der Waals surface area (Å²) >= 11 is 1.88. The summed E-state index contributed by atoms with van der Waals surface area (Å²) in [6, 6.07) is 2.11. The topological polar surface area (TPSA) is 43.8 Å². The molecule has 5 nitrogen and oxygen atoms in total. The molecule has 3 aliphatic rings. The number of aryl methyl sites for hydroxylation is 1. The first kappa shape index (κ1) is 22.6. The summed E-state index contributed by atoms with van der Waals surface area (Å²) in [7, 11) is 0. The van der Waals surface area contributed by atoms with Crippen molar-refractivity contribution >= 4 is 21.6 Å². The Bertz CT molecular complexity index is 900. The van der Waals surface area contributed by atoms with Crippen LogP contribution in [-0.2, 0) is 15.9 Å². The average molecular weight is 459 g/mol. The third-order valence-corrected chi connectivity index (χ3v) is 9.28. The van der Waals surface area contributed by atoms with Gasteiger partial charge in [0.05, 0.1) is 24.7 Å². The first-order valence-electron chi connectivity index (χ1n) is 12.7. The third kappa shape index (κ3) is 4.31. The number of nitrogens with zero attached hydrogens (tertiary/aromatic N) is 2. The molecular formula is C26H38N2O3S. The van der Waals surface area contributed by atoms with E-state index in [-0.39, 0.29) is 0 Å². The normalized spacial score (nSPS) is 28.8. The summed E-state index contributed by atoms with van der Waals surface area (Å²) in [4.78, 5) is 10.1. The van der Waals surface area contributed by atoms with E-state index in [0.717, 1.165) is 69.4 Å². The number of ether oxygens (including phenoxy) is 3. The van der Waals surface area contributed by atoms with E-state index < -0.39 is 0 Å². The van der Waals surface area contributed by atoms with Gasteiger partial charge in [0.1, 0.15) is 10.6 Å². The number of hydrogen-bond donors (Lipinski definition) is 0. The summed E-state index contributed by atoms with van der Waals surface area (Å²) in [5.41, 5.74) is 1.85. The second-order valence-corrected chi connectivity index (χ2v) is 10.7. The molecule has 3 heterocycles. The molecule has 2 aromatic heterocycles. The minimum absolute atomic E-state index is 0.306. The minimum Gasteiger partial charge on any atom is -0.490 e. The monoisotopic (exact) mass is 458 g/mol. The van der Waals surface area contributed by atoms with E-state index in [0.29, 0.717) is 17.6 Å². The third-order valence-electron chi connectivity index (χ3n) is 8.11. The van der Waals surface area contributed by atoms with Crippen molar-refractivity contribution in [3.63, 3.8) is 0 Å². The number of morpholine rings is 1. The average Bonchev–Trinajstić information content (AvgIpc) is 3.40. The molecule has 5 rings (SSSR count). The molecule has 1 aliphatic heterocycles. The van der Waals surface area contributed by atoms with Crippen molar-refractivity contribution in [2.24, 2.45) is 0 Å². The number of fused-ring (bicyclic) bond motifs is 3. The molecule has 176 valence electrons. The molecular weight excluding hydrogens is 420 g/mol. The summed E-state index contributed by atoms with van der Waals surface area (Å²) in [5, 5.41) is 1.30. The van der Waals surface area contributed by atoms with Gasteiger partial charge in [0, 0.05) is 42.9 Å². The smallest absolute Gasteiger partial charge is 0.131 e. The van der Waals surface area contributed by atoms with Gasteiger partial charge in [-0.3, -0.25) is 4.90 Å². The minimum atomic E-state index is 0.306. The van der Waals surface area contributed by atoms with Crippen LogP contribution in [0.5, 0.6) is 5.75 Å². The van der Waals surface area contributed by atoms with Gasteiger partial charge in [-0.15, -0.1) is 11.3 Å². The van der Waals surface area contributed by atoms with Crippen molar-refractivity contribution in [3.05, 3.63) is 22.7 Å². The predicted octanol–water partition coefficient (Wildman–Crippen LogP) is 5.56. The number of pyridine rings is 1. The molecule has 0 aromatic carbocycles. The molecule has 2 fully saturated rings. The van der Waals surface area contributed by atoms with Gasteiger partial charge in [-0.25, -0.2) is 4.98 Å². The Kier molecular flexibility index (Phi) is 7.03. The van der Waals surface area contributed by atoms with E-state index in [2.05, 4.69) is 24.8 Å². The van der Waals surface area contributed by atoms with Gasteiger partial charge in [0.25, 0.3) is 0 Å². The van der Waals surface area contributed by atoms with Crippen LogP contribution < -0.4 is 4.74 Å². The number of hydrogen-bond acceptors (Lipinski definition) is 6. The van der Waals surface area contributed by atoms with E-state index in [1.54, 1.807) is 0 Å². The fraction of sp³-hybridized carbons (Fsp3) is 0.731. The Balaban J connectivity index is 1.31. The van der Waals surface area contributed by atoms with Gasteiger partial charge in [-0.2, -0.15) is 0 Å². The zero-order chi connectivity index (χ0) is 22.0. The lowest BCUT2D eigenvalue weighted by molar-refractivity contribution is -0.0510. The molecule has 2 aliphatic carbocycles. The van der Waals surface area contributed by atoms with Crippen molar-refractivity contribution < 1.29 is 14.2 Å². The molecule has 32 heavy (non-hydrogen) atoms. The Morgan fingerprint density at radius 3 is 2.75 bits per heavy atom. The Morgan fingerprint density at radius 2 is 2.00 bits per heavy atom. The predicted molar refractivity (Wildman–Crippen MR) is 130 cm³/mol. The van der Waals surface area contributed by atoms with Gasteiger partial charge in [-0.1, -0.05) is 6.92 Å². The fourth-order valence-corrected chi connectivity index (χ4v) is 7.50. The highest BCUT2D eigenvalue weighted by atomic mass is 32.1. The highest BCUT2D eigenvalue weighted by Gasteiger charge is 2.40. The van der Waals surface area contributed by atoms with Gasteiger partial charge < -0.3 is 14.2 Å². The molecule has 0 unspecified atom stereocenters. The van der Waals surface area contributed by atoms with E-state index >= 15 is 0 Å². The molecule has 1 saturated carbocycles. The van der Waals surface area contributed by atoms with E-state index in [1.807, 2.05) is 17.5 Å². The van der Waals surface area contributed by atoms with Crippen LogP contribution in [0.1, 0.15) is 75.2 Å². The molecule has 0 bridgehead atoms. The summed E-state index contributed by atoms with van der Waals surface area (Å²) in [5.74, 6) is 1.65. The first-order valence-corrected chi connectivity index (χ1v) is 13.5. The SMILES string of the molecule is CCOCC[C@H]1CCc2sc3nccc(OC4CCC(CC)(N5CCOCC5)CC4)c3c21. The van der Waals surface area contributed by atoms with Gasteiger partial charge >= 0.3 is 0 Å². The van der Waals surface area contributed by atoms with Crippen LogP contribution in [0.3, 0.4) is 0 Å². The zero-order valence-electron chi connectivity index (χ0n) is 19.7. The highest BCUT2D eigenvalue weighted by molar-refractivity contribution is 7.19. The fourth-order valence-electron chi connectivity index (χ4n) is 6.24. The van der Waals surface area contributed by atoms with Crippen LogP contribution in [0.25, 0.3) is 10.2 Å². The van der Waals surface area contributed by atoms with Crippen LogP contribution in [0.2, 0.25) is 0 Å². The van der Waals surface area contributed by atoms with Crippen LogP contribution in [0.4, 0.5) is 0 Å². The Morgan fingerprint density at radius 1 is 1.19 bits per heavy atom. The lowest BCUT2D eigenvalue weighted by atomic mass is 9.77. The standard InChI is InChI=1S/C26H38N2O3S/c1-3-26(28-14-17-30-18-15-28)11-7-20(8-12-26)31-21-9-13-27-25-24(21)23-19(10-16-29-4-2)5-6-22(23)32-25/h9,13,19-20H,3-8,10-12,14-18H2,1-2H3/t19-,20?,26?/m1/s1. The largest absolute Gasteiger partial charge is 0.490 e. The molecule has 0 amide bonds. The molecule has 0 N–H and O–H groups in total. The molecule has 1 saturated heterocycles. The zero-order valence-corrected chi connectivity index (χ0v) is 20.6. The van der Waals surface area contributed by atoms with Crippen molar-refractivity contribution in [3.8, 4) is 5.75 Å². The number of aromatic nitrogens is 1. The van der Waals surface area contributed by atoms with Crippen molar-refractivity contribution in [1.82, 2.24) is 9.88 Å².